The summed E-state index contributed by atoms with van der Waals surface area (Å²) >= 11 is 1.52. The fourth-order valence-corrected chi connectivity index (χ4v) is 4.04. The van der Waals surface area contributed by atoms with Gasteiger partial charge >= 0.3 is 0 Å². The van der Waals surface area contributed by atoms with Crippen LogP contribution in [0.1, 0.15) is 26.9 Å². The maximum atomic E-state index is 13.2. The normalized spacial score (nSPS) is 17.0. The van der Waals surface area contributed by atoms with Crippen molar-refractivity contribution in [2.24, 2.45) is 0 Å². The summed E-state index contributed by atoms with van der Waals surface area (Å²) in [5.41, 5.74) is 3.10. The van der Waals surface area contributed by atoms with Crippen LogP contribution in [-0.4, -0.2) is 36.6 Å². The number of hydrogen-bond donors (Lipinski definition) is 0. The second-order valence-electron chi connectivity index (χ2n) is 6.18. The first-order chi connectivity index (χ1) is 11.9. The molecule has 0 spiro atoms. The summed E-state index contributed by atoms with van der Waals surface area (Å²) in [6.07, 6.45) is 0. The third-order valence-electron chi connectivity index (χ3n) is 4.13. The molecule has 0 bridgehead atoms. The number of thioether (sulfide) groups is 1. The number of hydrogen-bond acceptors (Lipinski definition) is 3. The van der Waals surface area contributed by atoms with Gasteiger partial charge in [-0.25, -0.2) is 4.39 Å². The van der Waals surface area contributed by atoms with E-state index in [9.17, 15) is 14.0 Å². The molecular formula is C19H19FN2O2S. The zero-order valence-corrected chi connectivity index (χ0v) is 15.1. The van der Waals surface area contributed by atoms with Crippen LogP contribution in [0.4, 0.5) is 10.1 Å². The van der Waals surface area contributed by atoms with Gasteiger partial charge in [-0.1, -0.05) is 12.1 Å². The van der Waals surface area contributed by atoms with Gasteiger partial charge in [-0.15, -0.1) is 11.8 Å². The number of anilines is 1. The highest BCUT2D eigenvalue weighted by Crippen LogP contribution is 2.42. The molecule has 1 fully saturated rings. The number of halogens is 1. The van der Waals surface area contributed by atoms with Crippen LogP contribution in [0.5, 0.6) is 0 Å². The van der Waals surface area contributed by atoms with E-state index in [0.717, 1.165) is 16.8 Å². The molecule has 6 heteroatoms. The smallest absolute Gasteiger partial charge is 0.253 e. The number of carbonyl (C=O) groups is 2. The van der Waals surface area contributed by atoms with Gasteiger partial charge in [-0.2, -0.15) is 0 Å². The van der Waals surface area contributed by atoms with Gasteiger partial charge in [0.25, 0.3) is 5.91 Å². The van der Waals surface area contributed by atoms with Gasteiger partial charge in [-0.3, -0.25) is 14.5 Å². The summed E-state index contributed by atoms with van der Waals surface area (Å²) < 4.78 is 13.2. The first-order valence-corrected chi connectivity index (χ1v) is 8.95. The van der Waals surface area contributed by atoms with Gasteiger partial charge in [0.15, 0.2) is 0 Å². The van der Waals surface area contributed by atoms with E-state index in [1.807, 2.05) is 13.0 Å². The van der Waals surface area contributed by atoms with Crippen molar-refractivity contribution in [1.29, 1.82) is 0 Å². The van der Waals surface area contributed by atoms with E-state index in [-0.39, 0.29) is 23.0 Å². The number of carbonyl (C=O) groups excluding carboxylic acids is 2. The Hall–Kier alpha value is -2.34. The van der Waals surface area contributed by atoms with Crippen LogP contribution < -0.4 is 4.90 Å². The average Bonchev–Trinajstić information content (AvgIpc) is 2.96. The number of rotatable bonds is 3. The minimum atomic E-state index is -0.299. The van der Waals surface area contributed by atoms with Crippen LogP contribution in [0, 0.1) is 12.7 Å². The van der Waals surface area contributed by atoms with Gasteiger partial charge in [0.1, 0.15) is 11.2 Å². The summed E-state index contributed by atoms with van der Waals surface area (Å²) in [6.45, 7) is 1.89. The van der Waals surface area contributed by atoms with Gasteiger partial charge < -0.3 is 4.90 Å². The summed E-state index contributed by atoms with van der Waals surface area (Å²) in [5, 5.41) is -0.192. The molecule has 0 aromatic heterocycles. The molecule has 2 amide bonds. The van der Waals surface area contributed by atoms with Crippen LogP contribution in [0.15, 0.2) is 42.5 Å². The molecule has 0 radical (unpaired) electrons. The highest BCUT2D eigenvalue weighted by Gasteiger charge is 2.34. The Morgan fingerprint density at radius 3 is 2.48 bits per heavy atom. The zero-order chi connectivity index (χ0) is 18.1. The van der Waals surface area contributed by atoms with Crippen LogP contribution >= 0.6 is 11.8 Å². The molecule has 25 heavy (non-hydrogen) atoms. The number of amides is 2. The topological polar surface area (TPSA) is 40.6 Å². The lowest BCUT2D eigenvalue weighted by molar-refractivity contribution is -0.115. The lowest BCUT2D eigenvalue weighted by Gasteiger charge is -2.26. The van der Waals surface area contributed by atoms with E-state index in [1.54, 1.807) is 43.3 Å². The van der Waals surface area contributed by atoms with Crippen molar-refractivity contribution in [2.45, 2.75) is 12.3 Å². The molecule has 2 aromatic rings. The van der Waals surface area contributed by atoms with E-state index in [1.165, 1.54) is 28.8 Å². The van der Waals surface area contributed by atoms with Crippen molar-refractivity contribution in [1.82, 2.24) is 4.90 Å². The van der Waals surface area contributed by atoms with E-state index in [2.05, 4.69) is 0 Å². The molecule has 0 aliphatic carbocycles. The SMILES string of the molecule is Cc1cc(C(=O)N(C)C)ccc1N1C(=O)CSC1c1ccc(F)cc1. The van der Waals surface area contributed by atoms with Crippen molar-refractivity contribution < 1.29 is 14.0 Å². The van der Waals surface area contributed by atoms with Gasteiger partial charge in [0, 0.05) is 25.3 Å². The lowest BCUT2D eigenvalue weighted by atomic mass is 10.1. The highest BCUT2D eigenvalue weighted by atomic mass is 32.2. The van der Waals surface area contributed by atoms with Crippen molar-refractivity contribution in [3.63, 3.8) is 0 Å². The van der Waals surface area contributed by atoms with Gasteiger partial charge in [0.05, 0.1) is 5.75 Å². The van der Waals surface area contributed by atoms with Gasteiger partial charge in [-0.05, 0) is 48.4 Å². The van der Waals surface area contributed by atoms with E-state index in [4.69, 9.17) is 0 Å². The Kier molecular flexibility index (Phi) is 4.81. The Bertz CT molecular complexity index is 821. The maximum Gasteiger partial charge on any atom is 0.253 e. The van der Waals surface area contributed by atoms with Crippen molar-refractivity contribution in [3.8, 4) is 0 Å². The van der Waals surface area contributed by atoms with Crippen LogP contribution in [-0.2, 0) is 4.79 Å². The third kappa shape index (κ3) is 3.39. The van der Waals surface area contributed by atoms with Gasteiger partial charge in [0.2, 0.25) is 5.91 Å². The Morgan fingerprint density at radius 2 is 1.88 bits per heavy atom. The predicted molar refractivity (Wildman–Crippen MR) is 98.3 cm³/mol. The fraction of sp³-hybridized carbons (Fsp3) is 0.263. The van der Waals surface area contributed by atoms with Crippen LogP contribution in [0.3, 0.4) is 0 Å². The summed E-state index contributed by atoms with van der Waals surface area (Å²) in [5.74, 6) is 0.00757. The Labute approximate surface area is 150 Å². The monoisotopic (exact) mass is 358 g/mol. The molecule has 0 N–H and O–H groups in total. The minimum absolute atomic E-state index is 0.00844. The van der Waals surface area contributed by atoms with E-state index >= 15 is 0 Å². The van der Waals surface area contributed by atoms with Crippen molar-refractivity contribution in [2.75, 3.05) is 24.7 Å². The van der Waals surface area contributed by atoms with E-state index < -0.39 is 0 Å². The second-order valence-corrected chi connectivity index (χ2v) is 7.25. The lowest BCUT2D eigenvalue weighted by Crippen LogP contribution is -2.29. The molecule has 4 nitrogen and oxygen atoms in total. The number of aryl methyl sites for hydroxylation is 1. The molecule has 1 atom stereocenters. The van der Waals surface area contributed by atoms with Crippen LogP contribution in [0.2, 0.25) is 0 Å². The average molecular weight is 358 g/mol. The fourth-order valence-electron chi connectivity index (χ4n) is 2.88. The number of benzene rings is 2. The van der Waals surface area contributed by atoms with Crippen molar-refractivity contribution >= 4 is 29.3 Å². The summed E-state index contributed by atoms with van der Waals surface area (Å²) in [4.78, 5) is 27.8. The predicted octanol–water partition coefficient (Wildman–Crippen LogP) is 3.61. The molecule has 1 aliphatic rings. The standard InChI is InChI=1S/C19H19FN2O2S/c1-12-10-14(18(24)21(2)3)6-9-16(12)22-17(23)11-25-19(22)13-4-7-15(20)8-5-13/h4-10,19H,11H2,1-3H3. The first-order valence-electron chi connectivity index (χ1n) is 7.90. The first kappa shape index (κ1) is 17.5. The largest absolute Gasteiger partial charge is 0.345 e. The summed E-state index contributed by atoms with van der Waals surface area (Å²) in [7, 11) is 3.41. The minimum Gasteiger partial charge on any atom is -0.345 e. The molecule has 1 unspecified atom stereocenters. The number of nitrogens with zero attached hydrogens (tertiary/aromatic N) is 2. The van der Waals surface area contributed by atoms with Crippen molar-refractivity contribution in [3.05, 3.63) is 65.0 Å². The Morgan fingerprint density at radius 1 is 1.20 bits per heavy atom. The molecule has 0 saturated carbocycles. The maximum absolute atomic E-state index is 13.2. The quantitative estimate of drug-likeness (QED) is 0.841. The van der Waals surface area contributed by atoms with E-state index in [0.29, 0.717) is 11.3 Å². The molecule has 130 valence electrons. The summed E-state index contributed by atoms with van der Waals surface area (Å²) in [6, 6.07) is 11.6. The second kappa shape index (κ2) is 6.88. The molecule has 2 aromatic carbocycles. The molecule has 1 heterocycles. The Balaban J connectivity index is 1.97. The van der Waals surface area contributed by atoms with Crippen LogP contribution in [0.25, 0.3) is 0 Å². The molecular weight excluding hydrogens is 339 g/mol. The zero-order valence-electron chi connectivity index (χ0n) is 14.3. The molecule has 1 saturated heterocycles. The molecule has 1 aliphatic heterocycles. The molecule has 3 rings (SSSR count). The highest BCUT2D eigenvalue weighted by molar-refractivity contribution is 8.00. The third-order valence-corrected chi connectivity index (χ3v) is 5.34.